The molecule has 1 atom stereocenters. The Kier molecular flexibility index (Phi) is 4.45. The molecular formula is C14H24N2O3. The van der Waals surface area contributed by atoms with Crippen LogP contribution in [0, 0.1) is 5.41 Å². The Labute approximate surface area is 114 Å². The molecule has 0 aromatic carbocycles. The Balaban J connectivity index is 2.02. The van der Waals surface area contributed by atoms with Crippen LogP contribution in [0.2, 0.25) is 0 Å². The summed E-state index contributed by atoms with van der Waals surface area (Å²) in [4.78, 5) is 25.3. The lowest BCUT2D eigenvalue weighted by atomic mass is 9.67. The molecule has 1 amide bonds. The quantitative estimate of drug-likeness (QED) is 0.788. The van der Waals surface area contributed by atoms with Crippen LogP contribution in [0.15, 0.2) is 0 Å². The van der Waals surface area contributed by atoms with E-state index in [-0.39, 0.29) is 23.8 Å². The number of rotatable bonds is 5. The van der Waals surface area contributed by atoms with Crippen LogP contribution < -0.4 is 5.73 Å². The second-order valence-corrected chi connectivity index (χ2v) is 5.92. The van der Waals surface area contributed by atoms with Gasteiger partial charge in [-0.05, 0) is 38.5 Å². The van der Waals surface area contributed by atoms with Crippen LogP contribution in [0.5, 0.6) is 0 Å². The molecule has 0 spiro atoms. The van der Waals surface area contributed by atoms with E-state index < -0.39 is 5.97 Å². The molecule has 2 aliphatic rings. The SMILES string of the molecule is NCC1(C(=O)N2CCCCC2CCC(=O)O)CCC1. The van der Waals surface area contributed by atoms with Crippen molar-refractivity contribution in [2.24, 2.45) is 11.1 Å². The highest BCUT2D eigenvalue weighted by Gasteiger charge is 2.46. The van der Waals surface area contributed by atoms with Crippen molar-refractivity contribution in [2.75, 3.05) is 13.1 Å². The summed E-state index contributed by atoms with van der Waals surface area (Å²) in [6.45, 7) is 1.19. The molecule has 1 aliphatic heterocycles. The summed E-state index contributed by atoms with van der Waals surface area (Å²) in [7, 11) is 0. The van der Waals surface area contributed by atoms with Crippen molar-refractivity contribution in [1.82, 2.24) is 4.90 Å². The Bertz CT molecular complexity index is 347. The first-order chi connectivity index (χ1) is 9.09. The minimum Gasteiger partial charge on any atom is -0.481 e. The summed E-state index contributed by atoms with van der Waals surface area (Å²) in [5, 5.41) is 8.81. The van der Waals surface area contributed by atoms with E-state index in [0.717, 1.165) is 45.1 Å². The van der Waals surface area contributed by atoms with E-state index in [4.69, 9.17) is 10.8 Å². The summed E-state index contributed by atoms with van der Waals surface area (Å²) in [6.07, 6.45) is 6.62. The van der Waals surface area contributed by atoms with E-state index in [1.807, 2.05) is 4.90 Å². The zero-order chi connectivity index (χ0) is 13.9. The Morgan fingerprint density at radius 3 is 2.53 bits per heavy atom. The van der Waals surface area contributed by atoms with Gasteiger partial charge in [-0.3, -0.25) is 9.59 Å². The molecule has 1 aliphatic carbocycles. The number of carbonyl (C=O) groups excluding carboxylic acids is 1. The number of carbonyl (C=O) groups is 2. The van der Waals surface area contributed by atoms with Crippen molar-refractivity contribution >= 4 is 11.9 Å². The van der Waals surface area contributed by atoms with E-state index in [1.165, 1.54) is 0 Å². The van der Waals surface area contributed by atoms with Crippen LogP contribution in [0.4, 0.5) is 0 Å². The van der Waals surface area contributed by atoms with Crippen LogP contribution in [0.25, 0.3) is 0 Å². The number of carboxylic acid groups (broad SMARTS) is 1. The number of piperidine rings is 1. The molecule has 5 heteroatoms. The standard InChI is InChI=1S/C14H24N2O3/c15-10-14(7-3-8-14)13(19)16-9-2-1-4-11(16)5-6-12(17)18/h11H,1-10,15H2,(H,17,18). The van der Waals surface area contributed by atoms with Gasteiger partial charge >= 0.3 is 5.97 Å². The fourth-order valence-electron chi connectivity index (χ4n) is 3.27. The molecule has 1 heterocycles. The average Bonchev–Trinajstić information content (AvgIpc) is 2.36. The molecule has 0 aromatic heterocycles. The highest BCUT2D eigenvalue weighted by Crippen LogP contribution is 2.42. The van der Waals surface area contributed by atoms with Gasteiger partial charge in [0.05, 0.1) is 5.41 Å². The first-order valence-electron chi connectivity index (χ1n) is 7.32. The normalized spacial score (nSPS) is 25.7. The van der Waals surface area contributed by atoms with E-state index in [1.54, 1.807) is 0 Å². The molecule has 2 fully saturated rings. The van der Waals surface area contributed by atoms with Crippen LogP contribution in [-0.4, -0.2) is 41.0 Å². The third kappa shape index (κ3) is 2.91. The van der Waals surface area contributed by atoms with E-state index in [9.17, 15) is 9.59 Å². The number of amides is 1. The number of hydrogen-bond donors (Lipinski definition) is 2. The smallest absolute Gasteiger partial charge is 0.303 e. The van der Waals surface area contributed by atoms with Gasteiger partial charge in [-0.25, -0.2) is 0 Å². The van der Waals surface area contributed by atoms with Gasteiger partial charge in [-0.1, -0.05) is 6.42 Å². The highest BCUT2D eigenvalue weighted by molar-refractivity contribution is 5.84. The molecule has 5 nitrogen and oxygen atoms in total. The number of carboxylic acids is 1. The Morgan fingerprint density at radius 1 is 1.26 bits per heavy atom. The van der Waals surface area contributed by atoms with Crippen molar-refractivity contribution in [3.63, 3.8) is 0 Å². The van der Waals surface area contributed by atoms with Crippen molar-refractivity contribution in [3.8, 4) is 0 Å². The van der Waals surface area contributed by atoms with Gasteiger partial charge in [0, 0.05) is 25.6 Å². The predicted octanol–water partition coefficient (Wildman–Crippen LogP) is 1.36. The van der Waals surface area contributed by atoms with Gasteiger partial charge in [-0.15, -0.1) is 0 Å². The maximum absolute atomic E-state index is 12.7. The van der Waals surface area contributed by atoms with Gasteiger partial charge in [0.15, 0.2) is 0 Å². The topological polar surface area (TPSA) is 83.6 Å². The molecule has 3 N–H and O–H groups in total. The van der Waals surface area contributed by atoms with Gasteiger partial charge in [0.25, 0.3) is 0 Å². The van der Waals surface area contributed by atoms with Gasteiger partial charge < -0.3 is 15.7 Å². The van der Waals surface area contributed by atoms with Crippen molar-refractivity contribution in [3.05, 3.63) is 0 Å². The largest absolute Gasteiger partial charge is 0.481 e. The van der Waals surface area contributed by atoms with Crippen molar-refractivity contribution < 1.29 is 14.7 Å². The van der Waals surface area contributed by atoms with Crippen LogP contribution in [0.1, 0.15) is 51.4 Å². The van der Waals surface area contributed by atoms with Crippen LogP contribution >= 0.6 is 0 Å². The second kappa shape index (κ2) is 5.90. The minimum absolute atomic E-state index is 0.0985. The monoisotopic (exact) mass is 268 g/mol. The summed E-state index contributed by atoms with van der Waals surface area (Å²) in [5.41, 5.74) is 5.47. The van der Waals surface area contributed by atoms with E-state index >= 15 is 0 Å². The summed E-state index contributed by atoms with van der Waals surface area (Å²) >= 11 is 0. The molecule has 2 rings (SSSR count). The van der Waals surface area contributed by atoms with E-state index in [2.05, 4.69) is 0 Å². The zero-order valence-electron chi connectivity index (χ0n) is 11.4. The van der Waals surface area contributed by atoms with Gasteiger partial charge in [-0.2, -0.15) is 0 Å². The van der Waals surface area contributed by atoms with E-state index in [0.29, 0.717) is 13.0 Å². The molecular weight excluding hydrogens is 244 g/mol. The number of nitrogens with two attached hydrogens (primary N) is 1. The lowest BCUT2D eigenvalue weighted by molar-refractivity contribution is -0.151. The van der Waals surface area contributed by atoms with Gasteiger partial charge in [0.2, 0.25) is 5.91 Å². The first kappa shape index (κ1) is 14.3. The molecule has 108 valence electrons. The highest BCUT2D eigenvalue weighted by atomic mass is 16.4. The average molecular weight is 268 g/mol. The maximum Gasteiger partial charge on any atom is 0.303 e. The molecule has 19 heavy (non-hydrogen) atoms. The number of likely N-dealkylation sites (tertiary alicyclic amines) is 1. The lowest BCUT2D eigenvalue weighted by Gasteiger charge is -2.46. The molecule has 1 unspecified atom stereocenters. The summed E-state index contributed by atoms with van der Waals surface area (Å²) < 4.78 is 0. The van der Waals surface area contributed by atoms with Crippen LogP contribution in [0.3, 0.4) is 0 Å². The summed E-state index contributed by atoms with van der Waals surface area (Å²) in [5.74, 6) is -0.605. The molecule has 0 radical (unpaired) electrons. The van der Waals surface area contributed by atoms with Crippen LogP contribution in [-0.2, 0) is 9.59 Å². The molecule has 0 aromatic rings. The number of hydrogen-bond acceptors (Lipinski definition) is 3. The second-order valence-electron chi connectivity index (χ2n) is 5.92. The number of nitrogens with zero attached hydrogens (tertiary/aromatic N) is 1. The van der Waals surface area contributed by atoms with Gasteiger partial charge in [0.1, 0.15) is 0 Å². The Hall–Kier alpha value is -1.10. The van der Waals surface area contributed by atoms with Crippen molar-refractivity contribution in [1.29, 1.82) is 0 Å². The lowest BCUT2D eigenvalue weighted by Crippen LogP contribution is -2.56. The Morgan fingerprint density at radius 2 is 2.00 bits per heavy atom. The first-order valence-corrected chi connectivity index (χ1v) is 7.32. The number of aliphatic carboxylic acids is 1. The zero-order valence-corrected chi connectivity index (χ0v) is 11.4. The molecule has 1 saturated carbocycles. The predicted molar refractivity (Wildman–Crippen MR) is 71.6 cm³/mol. The maximum atomic E-state index is 12.7. The molecule has 0 bridgehead atoms. The third-order valence-electron chi connectivity index (χ3n) is 4.73. The van der Waals surface area contributed by atoms with Crippen molar-refractivity contribution in [2.45, 2.75) is 57.4 Å². The molecule has 1 saturated heterocycles. The fourth-order valence-corrected chi connectivity index (χ4v) is 3.27. The third-order valence-corrected chi connectivity index (χ3v) is 4.73. The fraction of sp³-hybridized carbons (Fsp3) is 0.857. The summed E-state index contributed by atoms with van der Waals surface area (Å²) in [6, 6.07) is 0.0985. The minimum atomic E-state index is -0.782.